The minimum Gasteiger partial charge on any atom is -0.493 e. The standard InChI is InChI=1S/C20H28N2O3/c1-22(2)14-16-8-6-15(7-9-16)12-21-13-17-10-11-18(23-3)20(25-5)19(17)24-4/h6-11,21H,12-14H2,1-5H3. The number of benzene rings is 2. The van der Waals surface area contributed by atoms with Gasteiger partial charge in [-0.2, -0.15) is 0 Å². The highest BCUT2D eigenvalue weighted by atomic mass is 16.5. The average molecular weight is 344 g/mol. The van der Waals surface area contributed by atoms with Crippen LogP contribution in [-0.4, -0.2) is 40.3 Å². The van der Waals surface area contributed by atoms with E-state index in [0.717, 1.165) is 18.7 Å². The lowest BCUT2D eigenvalue weighted by atomic mass is 10.1. The Balaban J connectivity index is 1.99. The molecule has 2 aromatic rings. The fourth-order valence-electron chi connectivity index (χ4n) is 2.77. The number of nitrogens with zero attached hydrogens (tertiary/aromatic N) is 1. The second-order valence-electron chi connectivity index (χ2n) is 6.15. The van der Waals surface area contributed by atoms with Gasteiger partial charge in [0, 0.05) is 25.2 Å². The lowest BCUT2D eigenvalue weighted by Crippen LogP contribution is -2.14. The molecule has 5 nitrogen and oxygen atoms in total. The van der Waals surface area contributed by atoms with Gasteiger partial charge in [-0.25, -0.2) is 0 Å². The number of hydrogen-bond donors (Lipinski definition) is 1. The summed E-state index contributed by atoms with van der Waals surface area (Å²) in [4.78, 5) is 2.16. The van der Waals surface area contributed by atoms with Gasteiger partial charge in [-0.3, -0.25) is 0 Å². The van der Waals surface area contributed by atoms with Crippen LogP contribution >= 0.6 is 0 Å². The van der Waals surface area contributed by atoms with Crippen molar-refractivity contribution in [2.24, 2.45) is 0 Å². The molecule has 136 valence electrons. The number of nitrogens with one attached hydrogen (secondary N) is 1. The highest BCUT2D eigenvalue weighted by molar-refractivity contribution is 5.55. The minimum absolute atomic E-state index is 0.623. The predicted molar refractivity (Wildman–Crippen MR) is 100 cm³/mol. The third-order valence-corrected chi connectivity index (χ3v) is 3.95. The summed E-state index contributed by atoms with van der Waals surface area (Å²) in [6.45, 7) is 2.43. The zero-order chi connectivity index (χ0) is 18.2. The average Bonchev–Trinajstić information content (AvgIpc) is 2.62. The number of rotatable bonds is 9. The van der Waals surface area contributed by atoms with Crippen LogP contribution in [0, 0.1) is 0 Å². The van der Waals surface area contributed by atoms with E-state index in [1.165, 1.54) is 11.1 Å². The molecule has 0 aliphatic rings. The quantitative estimate of drug-likeness (QED) is 0.757. The molecule has 0 radical (unpaired) electrons. The number of ether oxygens (including phenoxy) is 3. The minimum atomic E-state index is 0.623. The fraction of sp³-hybridized carbons (Fsp3) is 0.400. The Morgan fingerprint density at radius 1 is 0.760 bits per heavy atom. The molecule has 0 amide bonds. The molecule has 5 heteroatoms. The summed E-state index contributed by atoms with van der Waals surface area (Å²) >= 11 is 0. The van der Waals surface area contributed by atoms with Gasteiger partial charge in [0.15, 0.2) is 11.5 Å². The highest BCUT2D eigenvalue weighted by Gasteiger charge is 2.15. The van der Waals surface area contributed by atoms with Crippen LogP contribution in [0.25, 0.3) is 0 Å². The summed E-state index contributed by atoms with van der Waals surface area (Å²) in [6, 6.07) is 12.6. The molecule has 0 saturated heterocycles. The van der Waals surface area contributed by atoms with Crippen molar-refractivity contribution in [1.82, 2.24) is 10.2 Å². The fourth-order valence-corrected chi connectivity index (χ4v) is 2.77. The first-order chi connectivity index (χ1) is 12.1. The van der Waals surface area contributed by atoms with E-state index in [9.17, 15) is 0 Å². The van der Waals surface area contributed by atoms with Gasteiger partial charge in [0.2, 0.25) is 5.75 Å². The molecule has 0 unspecified atom stereocenters. The van der Waals surface area contributed by atoms with E-state index in [0.29, 0.717) is 23.8 Å². The normalized spacial score (nSPS) is 10.8. The van der Waals surface area contributed by atoms with Crippen molar-refractivity contribution in [3.05, 3.63) is 53.1 Å². The second kappa shape index (κ2) is 9.30. The van der Waals surface area contributed by atoms with Crippen molar-refractivity contribution in [2.45, 2.75) is 19.6 Å². The van der Waals surface area contributed by atoms with Crippen molar-refractivity contribution in [1.29, 1.82) is 0 Å². The summed E-state index contributed by atoms with van der Waals surface area (Å²) in [6.07, 6.45) is 0. The van der Waals surface area contributed by atoms with Crippen LogP contribution in [0.4, 0.5) is 0 Å². The molecule has 25 heavy (non-hydrogen) atoms. The van der Waals surface area contributed by atoms with E-state index in [1.54, 1.807) is 21.3 Å². The van der Waals surface area contributed by atoms with E-state index < -0.39 is 0 Å². The molecule has 0 aliphatic heterocycles. The van der Waals surface area contributed by atoms with Gasteiger partial charge in [-0.15, -0.1) is 0 Å². The van der Waals surface area contributed by atoms with Gasteiger partial charge >= 0.3 is 0 Å². The summed E-state index contributed by atoms with van der Waals surface area (Å²) < 4.78 is 16.3. The van der Waals surface area contributed by atoms with Crippen LogP contribution in [0.15, 0.2) is 36.4 Å². The smallest absolute Gasteiger partial charge is 0.203 e. The lowest BCUT2D eigenvalue weighted by Gasteiger charge is -2.16. The number of methoxy groups -OCH3 is 3. The first-order valence-electron chi connectivity index (χ1n) is 8.30. The summed E-state index contributed by atoms with van der Waals surface area (Å²) in [5.74, 6) is 1.99. The van der Waals surface area contributed by atoms with Crippen LogP contribution in [0.1, 0.15) is 16.7 Å². The molecule has 0 bridgehead atoms. The Morgan fingerprint density at radius 3 is 1.96 bits per heavy atom. The van der Waals surface area contributed by atoms with Crippen molar-refractivity contribution in [3.63, 3.8) is 0 Å². The summed E-state index contributed by atoms with van der Waals surface area (Å²) in [5, 5.41) is 3.45. The Kier molecular flexibility index (Phi) is 7.10. The molecule has 0 aliphatic carbocycles. The first kappa shape index (κ1) is 19.1. The van der Waals surface area contributed by atoms with Gasteiger partial charge in [-0.05, 0) is 31.3 Å². The van der Waals surface area contributed by atoms with Crippen molar-refractivity contribution >= 4 is 0 Å². The first-order valence-corrected chi connectivity index (χ1v) is 8.30. The molecular formula is C20H28N2O3. The van der Waals surface area contributed by atoms with Crippen molar-refractivity contribution in [3.8, 4) is 17.2 Å². The SMILES string of the molecule is COc1ccc(CNCc2ccc(CN(C)C)cc2)c(OC)c1OC. The van der Waals surface area contributed by atoms with Gasteiger partial charge in [0.1, 0.15) is 0 Å². The second-order valence-corrected chi connectivity index (χ2v) is 6.15. The van der Waals surface area contributed by atoms with E-state index >= 15 is 0 Å². The Labute approximate surface area is 150 Å². The molecule has 0 fully saturated rings. The van der Waals surface area contributed by atoms with E-state index in [1.807, 2.05) is 12.1 Å². The van der Waals surface area contributed by atoms with Crippen molar-refractivity contribution < 1.29 is 14.2 Å². The van der Waals surface area contributed by atoms with Crippen LogP contribution in [-0.2, 0) is 19.6 Å². The summed E-state index contributed by atoms with van der Waals surface area (Å²) in [5.41, 5.74) is 3.60. The van der Waals surface area contributed by atoms with Gasteiger partial charge in [0.25, 0.3) is 0 Å². The van der Waals surface area contributed by atoms with Crippen LogP contribution < -0.4 is 19.5 Å². The van der Waals surface area contributed by atoms with E-state index in [2.05, 4.69) is 48.6 Å². The zero-order valence-corrected chi connectivity index (χ0v) is 15.8. The zero-order valence-electron chi connectivity index (χ0n) is 15.8. The van der Waals surface area contributed by atoms with Crippen LogP contribution in [0.3, 0.4) is 0 Å². The molecule has 0 aromatic heterocycles. The van der Waals surface area contributed by atoms with E-state index in [4.69, 9.17) is 14.2 Å². The predicted octanol–water partition coefficient (Wildman–Crippen LogP) is 3.06. The maximum Gasteiger partial charge on any atom is 0.203 e. The van der Waals surface area contributed by atoms with Crippen LogP contribution in [0.5, 0.6) is 17.2 Å². The van der Waals surface area contributed by atoms with Gasteiger partial charge < -0.3 is 24.4 Å². The van der Waals surface area contributed by atoms with Crippen LogP contribution in [0.2, 0.25) is 0 Å². The van der Waals surface area contributed by atoms with Gasteiger partial charge in [-0.1, -0.05) is 30.3 Å². The Bertz CT molecular complexity index is 669. The maximum absolute atomic E-state index is 5.52. The Hall–Kier alpha value is -2.24. The highest BCUT2D eigenvalue weighted by Crippen LogP contribution is 2.39. The third kappa shape index (κ3) is 5.11. The van der Waals surface area contributed by atoms with E-state index in [-0.39, 0.29) is 0 Å². The monoisotopic (exact) mass is 344 g/mol. The summed E-state index contributed by atoms with van der Waals surface area (Å²) in [7, 11) is 9.03. The largest absolute Gasteiger partial charge is 0.493 e. The molecule has 0 heterocycles. The molecular weight excluding hydrogens is 316 g/mol. The molecule has 0 atom stereocenters. The number of hydrogen-bond acceptors (Lipinski definition) is 5. The molecule has 0 spiro atoms. The molecule has 0 saturated carbocycles. The Morgan fingerprint density at radius 2 is 1.40 bits per heavy atom. The van der Waals surface area contributed by atoms with Gasteiger partial charge in [0.05, 0.1) is 21.3 Å². The molecule has 2 rings (SSSR count). The van der Waals surface area contributed by atoms with Crippen molar-refractivity contribution in [2.75, 3.05) is 35.4 Å². The molecule has 2 aromatic carbocycles. The topological polar surface area (TPSA) is 43.0 Å². The third-order valence-electron chi connectivity index (χ3n) is 3.95. The lowest BCUT2D eigenvalue weighted by molar-refractivity contribution is 0.321. The maximum atomic E-state index is 5.52. The molecule has 1 N–H and O–H groups in total.